The molecule has 2 atom stereocenters. The van der Waals surface area contributed by atoms with E-state index in [0.717, 1.165) is 25.2 Å². The molecule has 1 aromatic rings. The summed E-state index contributed by atoms with van der Waals surface area (Å²) in [5, 5.41) is 2.75. The highest BCUT2D eigenvalue weighted by molar-refractivity contribution is 5.49. The van der Waals surface area contributed by atoms with E-state index in [-0.39, 0.29) is 0 Å². The Labute approximate surface area is 181 Å². The lowest BCUT2D eigenvalue weighted by Crippen LogP contribution is -2.25. The monoisotopic (exact) mass is 404 g/mol. The van der Waals surface area contributed by atoms with Gasteiger partial charge in [0, 0.05) is 13.0 Å². The molecule has 0 radical (unpaired) electrons. The number of benzene rings is 1. The van der Waals surface area contributed by atoms with Crippen LogP contribution in [0.4, 0.5) is 0 Å². The van der Waals surface area contributed by atoms with Crippen molar-refractivity contribution >= 4 is 6.29 Å². The smallest absolute Gasteiger partial charge is 0.120 e. The van der Waals surface area contributed by atoms with E-state index < -0.39 is 0 Å². The van der Waals surface area contributed by atoms with Gasteiger partial charge in [0.05, 0.1) is 0 Å². The van der Waals surface area contributed by atoms with Crippen LogP contribution in [0.25, 0.3) is 0 Å². The highest BCUT2D eigenvalue weighted by Crippen LogP contribution is 2.35. The lowest BCUT2D eigenvalue weighted by molar-refractivity contribution is -0.109. The maximum absolute atomic E-state index is 10.9. The van der Waals surface area contributed by atoms with E-state index in [2.05, 4.69) is 47.5 Å². The summed E-state index contributed by atoms with van der Waals surface area (Å²) in [5.74, 6) is 1.48. The van der Waals surface area contributed by atoms with E-state index in [1.807, 2.05) is 27.9 Å². The van der Waals surface area contributed by atoms with Crippen molar-refractivity contribution in [2.45, 2.75) is 85.1 Å². The van der Waals surface area contributed by atoms with Crippen molar-refractivity contribution in [2.75, 3.05) is 27.2 Å². The third-order valence-corrected chi connectivity index (χ3v) is 5.55. The molecule has 0 amide bonds. The molecule has 0 saturated heterocycles. The Morgan fingerprint density at radius 3 is 2.21 bits per heavy atom. The number of nitrogens with one attached hydrogen (secondary N) is 1. The summed E-state index contributed by atoms with van der Waals surface area (Å²) in [5.41, 5.74) is 1.42. The number of unbranched alkanes of at least 4 members (excludes halogenated alkanes) is 1. The van der Waals surface area contributed by atoms with E-state index in [4.69, 9.17) is 0 Å². The molecule has 0 aliphatic heterocycles. The van der Waals surface area contributed by atoms with Crippen molar-refractivity contribution in [3.05, 3.63) is 35.9 Å². The summed E-state index contributed by atoms with van der Waals surface area (Å²) in [6, 6.07) is 10.8. The average molecular weight is 405 g/mol. The molecule has 168 valence electrons. The van der Waals surface area contributed by atoms with Crippen molar-refractivity contribution in [2.24, 2.45) is 11.8 Å². The second kappa shape index (κ2) is 20.1. The van der Waals surface area contributed by atoms with Gasteiger partial charge in [0.2, 0.25) is 0 Å². The van der Waals surface area contributed by atoms with Crippen LogP contribution in [0.15, 0.2) is 30.3 Å². The first-order valence-corrected chi connectivity index (χ1v) is 12.0. The molecule has 2 unspecified atom stereocenters. The lowest BCUT2D eigenvalue weighted by atomic mass is 9.75. The second-order valence-corrected chi connectivity index (χ2v) is 7.96. The van der Waals surface area contributed by atoms with Crippen LogP contribution in [0.5, 0.6) is 0 Å². The molecule has 2 rings (SSSR count). The van der Waals surface area contributed by atoms with Crippen LogP contribution in [-0.2, 0) is 11.3 Å². The number of hydrogen-bond donors (Lipinski definition) is 1. The van der Waals surface area contributed by atoms with Gasteiger partial charge in [0.1, 0.15) is 6.29 Å². The zero-order chi connectivity index (χ0) is 21.7. The summed E-state index contributed by atoms with van der Waals surface area (Å²) in [6.07, 6.45) is 12.4. The largest absolute Gasteiger partial charge is 0.323 e. The maximum Gasteiger partial charge on any atom is 0.120 e. The topological polar surface area (TPSA) is 32.3 Å². The van der Waals surface area contributed by atoms with E-state index >= 15 is 0 Å². The summed E-state index contributed by atoms with van der Waals surface area (Å²) in [6.45, 7) is 9.73. The van der Waals surface area contributed by atoms with Crippen LogP contribution in [0, 0.1) is 11.8 Å². The van der Waals surface area contributed by atoms with E-state index in [1.165, 1.54) is 70.0 Å². The lowest BCUT2D eigenvalue weighted by Gasteiger charge is -2.30. The van der Waals surface area contributed by atoms with Gasteiger partial charge in [-0.15, -0.1) is 0 Å². The number of nitrogens with zero attached hydrogens (tertiary/aromatic N) is 1. The van der Waals surface area contributed by atoms with Crippen LogP contribution < -0.4 is 5.32 Å². The van der Waals surface area contributed by atoms with Gasteiger partial charge in [-0.3, -0.25) is 4.90 Å². The average Bonchev–Trinajstić information content (AvgIpc) is 2.75. The van der Waals surface area contributed by atoms with Crippen molar-refractivity contribution in [1.29, 1.82) is 0 Å². The SMILES string of the molecule is CC.CCCN(CCCCC1CCCCC1CC=O)Cc1ccccc1.CNC. The summed E-state index contributed by atoms with van der Waals surface area (Å²) >= 11 is 0. The molecule has 0 aromatic heterocycles. The molecule has 29 heavy (non-hydrogen) atoms. The summed E-state index contributed by atoms with van der Waals surface area (Å²) in [7, 11) is 3.75. The van der Waals surface area contributed by atoms with Gasteiger partial charge in [-0.25, -0.2) is 0 Å². The highest BCUT2D eigenvalue weighted by Gasteiger charge is 2.24. The van der Waals surface area contributed by atoms with Crippen molar-refractivity contribution < 1.29 is 4.79 Å². The van der Waals surface area contributed by atoms with Gasteiger partial charge in [0.15, 0.2) is 0 Å². The molecule has 1 aliphatic carbocycles. The molecule has 1 aromatic carbocycles. The minimum Gasteiger partial charge on any atom is -0.323 e. The Kier molecular flexibility index (Phi) is 19.3. The Bertz CT molecular complexity index is 463. The zero-order valence-corrected chi connectivity index (χ0v) is 20.0. The minimum atomic E-state index is 0.673. The zero-order valence-electron chi connectivity index (χ0n) is 20.0. The summed E-state index contributed by atoms with van der Waals surface area (Å²) < 4.78 is 0. The van der Waals surface area contributed by atoms with E-state index in [1.54, 1.807) is 0 Å². The standard InChI is InChI=1S/C22H35NO.C2H7N.C2H6/c1-2-16-23(19-20-10-4-3-5-11-20)17-9-8-14-21-12-6-7-13-22(21)15-18-24;1-3-2;1-2/h3-5,10-11,18,21-22H,2,6-9,12-17,19H2,1H3;3H,1-2H3;1-2H3. The van der Waals surface area contributed by atoms with Crippen molar-refractivity contribution in [3.63, 3.8) is 0 Å². The van der Waals surface area contributed by atoms with E-state index in [9.17, 15) is 4.79 Å². The van der Waals surface area contributed by atoms with E-state index in [0.29, 0.717) is 5.92 Å². The van der Waals surface area contributed by atoms with Crippen molar-refractivity contribution in [1.82, 2.24) is 10.2 Å². The van der Waals surface area contributed by atoms with Crippen LogP contribution in [-0.4, -0.2) is 38.4 Å². The fourth-order valence-corrected chi connectivity index (χ4v) is 4.27. The fraction of sp³-hybridized carbons (Fsp3) is 0.731. The number of hydrogen-bond acceptors (Lipinski definition) is 3. The molecule has 0 bridgehead atoms. The highest BCUT2D eigenvalue weighted by atomic mass is 16.1. The van der Waals surface area contributed by atoms with Gasteiger partial charge in [-0.05, 0) is 63.8 Å². The molecule has 0 spiro atoms. The third kappa shape index (κ3) is 13.6. The first-order chi connectivity index (χ1) is 14.2. The second-order valence-electron chi connectivity index (χ2n) is 7.96. The minimum absolute atomic E-state index is 0.673. The Hall–Kier alpha value is -1.19. The predicted octanol–water partition coefficient (Wildman–Crippen LogP) is 6.33. The summed E-state index contributed by atoms with van der Waals surface area (Å²) in [4.78, 5) is 13.5. The molecule has 1 aliphatic rings. The number of aldehydes is 1. The number of rotatable bonds is 11. The Balaban J connectivity index is 0.00000143. The van der Waals surface area contributed by atoms with Crippen LogP contribution in [0.1, 0.15) is 84.1 Å². The van der Waals surface area contributed by atoms with Gasteiger partial charge in [-0.1, -0.05) is 83.2 Å². The number of carbonyl (C=O) groups excluding carboxylic acids is 1. The maximum atomic E-state index is 10.9. The first-order valence-electron chi connectivity index (χ1n) is 12.0. The van der Waals surface area contributed by atoms with Gasteiger partial charge >= 0.3 is 0 Å². The first kappa shape index (κ1) is 27.8. The fourth-order valence-electron chi connectivity index (χ4n) is 4.27. The quantitative estimate of drug-likeness (QED) is 0.346. The predicted molar refractivity (Wildman–Crippen MR) is 128 cm³/mol. The molecule has 3 heteroatoms. The van der Waals surface area contributed by atoms with Gasteiger partial charge in [-0.2, -0.15) is 0 Å². The van der Waals surface area contributed by atoms with Gasteiger partial charge in [0.25, 0.3) is 0 Å². The molecular formula is C26H48N2O. The Morgan fingerprint density at radius 1 is 1.00 bits per heavy atom. The normalized spacial score (nSPS) is 18.3. The molecule has 3 nitrogen and oxygen atoms in total. The van der Waals surface area contributed by atoms with Crippen LogP contribution in [0.2, 0.25) is 0 Å². The molecular weight excluding hydrogens is 356 g/mol. The molecule has 1 saturated carbocycles. The Morgan fingerprint density at radius 2 is 1.62 bits per heavy atom. The third-order valence-electron chi connectivity index (χ3n) is 5.55. The molecule has 1 fully saturated rings. The van der Waals surface area contributed by atoms with Gasteiger partial charge < -0.3 is 10.1 Å². The van der Waals surface area contributed by atoms with Crippen molar-refractivity contribution in [3.8, 4) is 0 Å². The molecule has 1 N–H and O–H groups in total. The number of carbonyl (C=O) groups is 1. The van der Waals surface area contributed by atoms with Crippen LogP contribution >= 0.6 is 0 Å². The molecule has 0 heterocycles. The van der Waals surface area contributed by atoms with Crippen LogP contribution in [0.3, 0.4) is 0 Å².